The molecular formula is C14H19FN2O2. The second kappa shape index (κ2) is 5.57. The van der Waals surface area contributed by atoms with Crippen LogP contribution in [0.2, 0.25) is 0 Å². The standard InChI is InChI=1S/C14H19FN2O2/c1-9-8-11(15)5-6-12(9)13-4-3-7-17(10(13)2)14(18)19-16/h5-6,8,10,13H,3-4,7,16H2,1-2H3. The van der Waals surface area contributed by atoms with E-state index >= 15 is 0 Å². The van der Waals surface area contributed by atoms with E-state index in [0.29, 0.717) is 6.54 Å². The molecule has 1 heterocycles. The summed E-state index contributed by atoms with van der Waals surface area (Å²) in [6, 6.07) is 4.80. The third-order valence-corrected chi connectivity index (χ3v) is 3.95. The number of carbonyl (C=O) groups is 1. The highest BCUT2D eigenvalue weighted by molar-refractivity contribution is 5.68. The Labute approximate surface area is 112 Å². The van der Waals surface area contributed by atoms with Gasteiger partial charge < -0.3 is 9.74 Å². The number of hydrogen-bond donors (Lipinski definition) is 1. The zero-order valence-electron chi connectivity index (χ0n) is 11.2. The Morgan fingerprint density at radius 3 is 2.89 bits per heavy atom. The van der Waals surface area contributed by atoms with Gasteiger partial charge in [0.2, 0.25) is 0 Å². The van der Waals surface area contributed by atoms with Crippen molar-refractivity contribution < 1.29 is 14.0 Å². The first kappa shape index (κ1) is 13.8. The summed E-state index contributed by atoms with van der Waals surface area (Å²) < 4.78 is 13.2. The summed E-state index contributed by atoms with van der Waals surface area (Å²) in [5, 5.41) is 0. The van der Waals surface area contributed by atoms with Gasteiger partial charge in [-0.1, -0.05) is 6.07 Å². The van der Waals surface area contributed by atoms with Crippen LogP contribution in [0.5, 0.6) is 0 Å². The molecule has 5 heteroatoms. The zero-order valence-corrected chi connectivity index (χ0v) is 11.2. The molecule has 1 amide bonds. The quantitative estimate of drug-likeness (QED) is 0.795. The fourth-order valence-electron chi connectivity index (χ4n) is 2.94. The van der Waals surface area contributed by atoms with E-state index in [0.717, 1.165) is 24.0 Å². The highest BCUT2D eigenvalue weighted by atomic mass is 19.1. The lowest BCUT2D eigenvalue weighted by Crippen LogP contribution is -2.46. The van der Waals surface area contributed by atoms with Gasteiger partial charge in [-0.25, -0.2) is 9.18 Å². The average molecular weight is 266 g/mol. The lowest BCUT2D eigenvalue weighted by atomic mass is 9.82. The summed E-state index contributed by atoms with van der Waals surface area (Å²) in [6.07, 6.45) is 1.36. The maximum Gasteiger partial charge on any atom is 0.428 e. The van der Waals surface area contributed by atoms with Gasteiger partial charge in [0.1, 0.15) is 5.82 Å². The van der Waals surface area contributed by atoms with Crippen molar-refractivity contribution in [3.8, 4) is 0 Å². The van der Waals surface area contributed by atoms with Gasteiger partial charge in [-0.3, -0.25) is 0 Å². The molecule has 0 aliphatic carbocycles. The molecule has 2 atom stereocenters. The molecule has 19 heavy (non-hydrogen) atoms. The predicted octanol–water partition coefficient (Wildman–Crippen LogP) is 2.71. The van der Waals surface area contributed by atoms with E-state index in [1.165, 1.54) is 12.1 Å². The summed E-state index contributed by atoms with van der Waals surface area (Å²) in [5.74, 6) is 4.91. The summed E-state index contributed by atoms with van der Waals surface area (Å²) in [6.45, 7) is 4.52. The summed E-state index contributed by atoms with van der Waals surface area (Å²) in [4.78, 5) is 17.6. The zero-order chi connectivity index (χ0) is 14.0. The number of piperidine rings is 1. The first-order valence-electron chi connectivity index (χ1n) is 6.48. The Morgan fingerprint density at radius 2 is 2.26 bits per heavy atom. The van der Waals surface area contributed by atoms with Crippen molar-refractivity contribution in [2.24, 2.45) is 5.90 Å². The van der Waals surface area contributed by atoms with E-state index in [9.17, 15) is 9.18 Å². The van der Waals surface area contributed by atoms with Gasteiger partial charge in [-0.2, -0.15) is 5.90 Å². The number of hydrogen-bond acceptors (Lipinski definition) is 3. The van der Waals surface area contributed by atoms with E-state index in [2.05, 4.69) is 4.84 Å². The van der Waals surface area contributed by atoms with E-state index in [1.54, 1.807) is 4.90 Å². The monoisotopic (exact) mass is 266 g/mol. The van der Waals surface area contributed by atoms with Crippen molar-refractivity contribution in [1.29, 1.82) is 0 Å². The Morgan fingerprint density at radius 1 is 1.53 bits per heavy atom. The third kappa shape index (κ3) is 2.71. The highest BCUT2D eigenvalue weighted by Crippen LogP contribution is 2.34. The molecular weight excluding hydrogens is 247 g/mol. The van der Waals surface area contributed by atoms with Crippen molar-refractivity contribution in [1.82, 2.24) is 4.90 Å². The van der Waals surface area contributed by atoms with Crippen molar-refractivity contribution in [2.75, 3.05) is 6.54 Å². The molecule has 0 aromatic heterocycles. The number of likely N-dealkylation sites (tertiary alicyclic amines) is 1. The highest BCUT2D eigenvalue weighted by Gasteiger charge is 2.33. The van der Waals surface area contributed by atoms with Crippen molar-refractivity contribution in [3.05, 3.63) is 35.1 Å². The fourth-order valence-corrected chi connectivity index (χ4v) is 2.94. The van der Waals surface area contributed by atoms with Crippen LogP contribution in [0.25, 0.3) is 0 Å². The maximum atomic E-state index is 13.2. The molecule has 1 saturated heterocycles. The van der Waals surface area contributed by atoms with Crippen LogP contribution in [0.4, 0.5) is 9.18 Å². The maximum absolute atomic E-state index is 13.2. The second-order valence-corrected chi connectivity index (χ2v) is 5.07. The first-order chi connectivity index (χ1) is 9.04. The van der Waals surface area contributed by atoms with E-state index in [1.807, 2.05) is 19.9 Å². The molecule has 2 rings (SSSR count). The van der Waals surface area contributed by atoms with Crippen LogP contribution in [0, 0.1) is 12.7 Å². The van der Waals surface area contributed by atoms with Crippen LogP contribution >= 0.6 is 0 Å². The van der Waals surface area contributed by atoms with Gasteiger partial charge in [-0.15, -0.1) is 0 Å². The Bertz CT molecular complexity index is 479. The molecule has 0 bridgehead atoms. The number of nitrogens with zero attached hydrogens (tertiary/aromatic N) is 1. The average Bonchev–Trinajstić information content (AvgIpc) is 2.39. The van der Waals surface area contributed by atoms with E-state index in [4.69, 9.17) is 5.90 Å². The van der Waals surface area contributed by atoms with Gasteiger partial charge in [0, 0.05) is 18.5 Å². The minimum atomic E-state index is -0.503. The largest absolute Gasteiger partial charge is 0.428 e. The van der Waals surface area contributed by atoms with Crippen molar-refractivity contribution in [3.63, 3.8) is 0 Å². The fraction of sp³-hybridized carbons (Fsp3) is 0.500. The Kier molecular flexibility index (Phi) is 4.04. The van der Waals surface area contributed by atoms with Crippen LogP contribution in [-0.2, 0) is 4.84 Å². The van der Waals surface area contributed by atoms with Gasteiger partial charge in [-0.05, 0) is 49.9 Å². The minimum absolute atomic E-state index is 0.00559. The smallest absolute Gasteiger partial charge is 0.357 e. The summed E-state index contributed by atoms with van der Waals surface area (Å²) in [7, 11) is 0. The van der Waals surface area contributed by atoms with E-state index < -0.39 is 6.09 Å². The van der Waals surface area contributed by atoms with Crippen LogP contribution in [0.15, 0.2) is 18.2 Å². The summed E-state index contributed by atoms with van der Waals surface area (Å²) >= 11 is 0. The normalized spacial score (nSPS) is 23.3. The molecule has 2 unspecified atom stereocenters. The van der Waals surface area contributed by atoms with Gasteiger partial charge in [0.05, 0.1) is 0 Å². The number of carbonyl (C=O) groups excluding carboxylic acids is 1. The number of nitrogens with two attached hydrogens (primary N) is 1. The molecule has 104 valence electrons. The van der Waals surface area contributed by atoms with Gasteiger partial charge in [0.15, 0.2) is 0 Å². The van der Waals surface area contributed by atoms with Gasteiger partial charge in [0.25, 0.3) is 0 Å². The molecule has 2 N–H and O–H groups in total. The molecule has 1 fully saturated rings. The molecule has 0 radical (unpaired) electrons. The molecule has 0 spiro atoms. The van der Waals surface area contributed by atoms with Gasteiger partial charge >= 0.3 is 6.09 Å². The molecule has 1 aromatic rings. The number of benzene rings is 1. The molecule has 4 nitrogen and oxygen atoms in total. The van der Waals surface area contributed by atoms with Crippen LogP contribution < -0.4 is 5.90 Å². The van der Waals surface area contributed by atoms with Crippen LogP contribution in [0.1, 0.15) is 36.8 Å². The molecule has 1 aliphatic heterocycles. The topological polar surface area (TPSA) is 55.6 Å². The van der Waals surface area contributed by atoms with Crippen molar-refractivity contribution in [2.45, 2.75) is 38.6 Å². The second-order valence-electron chi connectivity index (χ2n) is 5.07. The van der Waals surface area contributed by atoms with Crippen molar-refractivity contribution >= 4 is 6.09 Å². The SMILES string of the molecule is Cc1cc(F)ccc1C1CCCN(C(=O)ON)C1C. The summed E-state index contributed by atoms with van der Waals surface area (Å²) in [5.41, 5.74) is 2.00. The Hall–Kier alpha value is -1.62. The van der Waals surface area contributed by atoms with Crippen LogP contribution in [-0.4, -0.2) is 23.6 Å². The lowest BCUT2D eigenvalue weighted by Gasteiger charge is -2.38. The molecule has 1 aliphatic rings. The predicted molar refractivity (Wildman–Crippen MR) is 69.9 cm³/mol. The molecule has 1 aromatic carbocycles. The number of amides is 1. The first-order valence-corrected chi connectivity index (χ1v) is 6.48. The van der Waals surface area contributed by atoms with Crippen LogP contribution in [0.3, 0.4) is 0 Å². The molecule has 0 saturated carbocycles. The number of aryl methyl sites for hydroxylation is 1. The number of halogens is 1. The minimum Gasteiger partial charge on any atom is -0.357 e. The Balaban J connectivity index is 2.26. The lowest BCUT2D eigenvalue weighted by molar-refractivity contribution is 0.0708. The third-order valence-electron chi connectivity index (χ3n) is 3.95. The number of rotatable bonds is 1. The van der Waals surface area contributed by atoms with E-state index in [-0.39, 0.29) is 17.8 Å².